The maximum Gasteiger partial charge on any atom is 0.424 e. The molecule has 1 saturated carbocycles. The Bertz CT molecular complexity index is 860. The minimum Gasteiger partial charge on any atom is -0.443 e. The van der Waals surface area contributed by atoms with E-state index in [4.69, 9.17) is 4.74 Å². The zero-order chi connectivity index (χ0) is 23.0. The predicted molar refractivity (Wildman–Crippen MR) is 125 cm³/mol. The quantitative estimate of drug-likeness (QED) is 0.619. The summed E-state index contributed by atoms with van der Waals surface area (Å²) in [6, 6.07) is 13.8. The van der Waals surface area contributed by atoms with Crippen molar-refractivity contribution < 1.29 is 14.3 Å². The second-order valence-electron chi connectivity index (χ2n) is 9.27. The van der Waals surface area contributed by atoms with E-state index in [2.05, 4.69) is 27.9 Å². The van der Waals surface area contributed by atoms with E-state index < -0.39 is 5.60 Å². The Hall–Kier alpha value is -2.93. The highest BCUT2D eigenvalue weighted by atomic mass is 16.6. The van der Waals surface area contributed by atoms with Crippen LogP contribution in [0.2, 0.25) is 0 Å². The molecule has 1 heterocycles. The lowest BCUT2D eigenvalue weighted by molar-refractivity contribution is -0.121. The third kappa shape index (κ3) is 7.64. The summed E-state index contributed by atoms with van der Waals surface area (Å²) in [6.07, 6.45) is 6.87. The maximum atomic E-state index is 12.8. The van der Waals surface area contributed by atoms with Crippen molar-refractivity contribution in [2.45, 2.75) is 64.5 Å². The van der Waals surface area contributed by atoms with Crippen LogP contribution in [0.1, 0.15) is 52.0 Å². The van der Waals surface area contributed by atoms with Crippen LogP contribution in [0.25, 0.3) is 0 Å². The van der Waals surface area contributed by atoms with Crippen molar-refractivity contribution >= 4 is 17.7 Å². The smallest absolute Gasteiger partial charge is 0.424 e. The maximum absolute atomic E-state index is 12.8. The van der Waals surface area contributed by atoms with E-state index in [1.54, 1.807) is 29.5 Å². The summed E-state index contributed by atoms with van der Waals surface area (Å²) in [5.41, 5.74) is 4.75. The SMILES string of the molecule is CC(C)(C)OC(=O)N(CCc1ccccc1)NC1CCC(C(=O)Nc2ccncc2)CC1. The van der Waals surface area contributed by atoms with Gasteiger partial charge in [-0.2, -0.15) is 0 Å². The van der Waals surface area contributed by atoms with E-state index in [0.29, 0.717) is 6.54 Å². The van der Waals surface area contributed by atoms with Crippen LogP contribution in [0.3, 0.4) is 0 Å². The van der Waals surface area contributed by atoms with Gasteiger partial charge in [0.15, 0.2) is 0 Å². The number of carbonyl (C=O) groups excluding carboxylic acids is 2. The molecule has 32 heavy (non-hydrogen) atoms. The molecule has 0 unspecified atom stereocenters. The van der Waals surface area contributed by atoms with Crippen LogP contribution in [0.5, 0.6) is 0 Å². The van der Waals surface area contributed by atoms with Crippen molar-refractivity contribution in [1.29, 1.82) is 0 Å². The molecule has 0 spiro atoms. The Morgan fingerprint density at radius 3 is 2.31 bits per heavy atom. The average Bonchev–Trinajstić information content (AvgIpc) is 2.77. The van der Waals surface area contributed by atoms with E-state index in [9.17, 15) is 9.59 Å². The third-order valence-corrected chi connectivity index (χ3v) is 5.47. The van der Waals surface area contributed by atoms with E-state index in [1.165, 1.54) is 5.56 Å². The number of benzene rings is 1. The number of hydrazine groups is 1. The molecular weight excluding hydrogens is 404 g/mol. The normalized spacial score (nSPS) is 18.6. The standard InChI is InChI=1S/C25H34N4O3/c1-25(2,3)32-24(31)29(18-15-19-7-5-4-6-8-19)28-22-11-9-20(10-12-22)23(30)27-21-13-16-26-17-14-21/h4-8,13-14,16-17,20,22,28H,9-12,15,18H2,1-3H3,(H,26,27,30). The Labute approximate surface area is 190 Å². The summed E-state index contributed by atoms with van der Waals surface area (Å²) >= 11 is 0. The Balaban J connectivity index is 1.53. The molecule has 0 atom stereocenters. The van der Waals surface area contributed by atoms with Gasteiger partial charge in [0.2, 0.25) is 5.91 Å². The van der Waals surface area contributed by atoms with Crippen LogP contribution in [-0.2, 0) is 16.0 Å². The first kappa shape index (κ1) is 23.7. The summed E-state index contributed by atoms with van der Waals surface area (Å²) in [6.45, 7) is 6.12. The third-order valence-electron chi connectivity index (χ3n) is 5.47. The van der Waals surface area contributed by atoms with Crippen molar-refractivity contribution in [3.63, 3.8) is 0 Å². The lowest BCUT2D eigenvalue weighted by Gasteiger charge is -2.34. The monoisotopic (exact) mass is 438 g/mol. The molecular formula is C25H34N4O3. The number of hydrogen-bond donors (Lipinski definition) is 2. The summed E-state index contributed by atoms with van der Waals surface area (Å²) in [7, 11) is 0. The van der Waals surface area contributed by atoms with E-state index in [0.717, 1.165) is 37.8 Å². The van der Waals surface area contributed by atoms with Crippen molar-refractivity contribution in [3.8, 4) is 0 Å². The van der Waals surface area contributed by atoms with Gasteiger partial charge in [0.1, 0.15) is 5.60 Å². The molecule has 1 fully saturated rings. The number of nitrogens with zero attached hydrogens (tertiary/aromatic N) is 2. The summed E-state index contributed by atoms with van der Waals surface area (Å²) in [4.78, 5) is 29.4. The van der Waals surface area contributed by atoms with Crippen molar-refractivity contribution in [3.05, 3.63) is 60.4 Å². The van der Waals surface area contributed by atoms with Gasteiger partial charge in [0, 0.05) is 36.6 Å². The van der Waals surface area contributed by atoms with E-state index in [-0.39, 0.29) is 24.0 Å². The first-order valence-electron chi connectivity index (χ1n) is 11.3. The van der Waals surface area contributed by atoms with Crippen LogP contribution >= 0.6 is 0 Å². The van der Waals surface area contributed by atoms with Gasteiger partial charge in [-0.3, -0.25) is 9.78 Å². The highest BCUT2D eigenvalue weighted by Crippen LogP contribution is 2.26. The largest absolute Gasteiger partial charge is 0.443 e. The van der Waals surface area contributed by atoms with Gasteiger partial charge in [0.25, 0.3) is 0 Å². The molecule has 2 amide bonds. The van der Waals surface area contributed by atoms with Crippen molar-refractivity contribution in [1.82, 2.24) is 15.4 Å². The number of aromatic nitrogens is 1. The number of carbonyl (C=O) groups is 2. The van der Waals surface area contributed by atoms with Gasteiger partial charge in [-0.05, 0) is 70.6 Å². The van der Waals surface area contributed by atoms with Gasteiger partial charge < -0.3 is 10.1 Å². The molecule has 0 aliphatic heterocycles. The molecule has 0 radical (unpaired) electrons. The number of nitrogens with one attached hydrogen (secondary N) is 2. The van der Waals surface area contributed by atoms with Crippen LogP contribution in [0, 0.1) is 5.92 Å². The predicted octanol–water partition coefficient (Wildman–Crippen LogP) is 4.56. The molecule has 1 aliphatic carbocycles. The van der Waals surface area contributed by atoms with Gasteiger partial charge in [-0.1, -0.05) is 30.3 Å². The lowest BCUT2D eigenvalue weighted by atomic mass is 9.85. The van der Waals surface area contributed by atoms with Crippen LogP contribution < -0.4 is 10.7 Å². The molecule has 0 saturated heterocycles. The van der Waals surface area contributed by atoms with E-state index in [1.807, 2.05) is 39.0 Å². The fourth-order valence-corrected chi connectivity index (χ4v) is 3.80. The molecule has 1 aromatic carbocycles. The summed E-state index contributed by atoms with van der Waals surface area (Å²) in [5, 5.41) is 4.56. The minimum atomic E-state index is -0.563. The number of pyridine rings is 1. The molecule has 1 aromatic heterocycles. The van der Waals surface area contributed by atoms with Gasteiger partial charge in [0.05, 0.1) is 0 Å². The molecule has 7 nitrogen and oxygen atoms in total. The van der Waals surface area contributed by atoms with Crippen LogP contribution in [0.4, 0.5) is 10.5 Å². The number of anilines is 1. The highest BCUT2D eigenvalue weighted by molar-refractivity contribution is 5.92. The number of hydrogen-bond acceptors (Lipinski definition) is 5. The first-order valence-corrected chi connectivity index (χ1v) is 11.3. The number of amides is 2. The molecule has 2 aromatic rings. The summed E-state index contributed by atoms with van der Waals surface area (Å²) in [5.74, 6) is 0.0169. The lowest BCUT2D eigenvalue weighted by Crippen LogP contribution is -2.52. The highest BCUT2D eigenvalue weighted by Gasteiger charge is 2.29. The molecule has 1 aliphatic rings. The Kier molecular flexibility index (Phi) is 8.22. The fraction of sp³-hybridized carbons (Fsp3) is 0.480. The molecule has 0 bridgehead atoms. The average molecular weight is 439 g/mol. The first-order chi connectivity index (χ1) is 15.3. The van der Waals surface area contributed by atoms with Crippen molar-refractivity contribution in [2.75, 3.05) is 11.9 Å². The van der Waals surface area contributed by atoms with Crippen LogP contribution in [-0.4, -0.2) is 40.2 Å². The number of ether oxygens (including phenoxy) is 1. The molecule has 7 heteroatoms. The second kappa shape index (κ2) is 11.1. The van der Waals surface area contributed by atoms with Gasteiger partial charge >= 0.3 is 6.09 Å². The fourth-order valence-electron chi connectivity index (χ4n) is 3.80. The summed E-state index contributed by atoms with van der Waals surface area (Å²) < 4.78 is 5.61. The van der Waals surface area contributed by atoms with Crippen LogP contribution in [0.15, 0.2) is 54.9 Å². The zero-order valence-corrected chi connectivity index (χ0v) is 19.2. The Morgan fingerprint density at radius 1 is 1.03 bits per heavy atom. The molecule has 2 N–H and O–H groups in total. The van der Waals surface area contributed by atoms with E-state index >= 15 is 0 Å². The van der Waals surface area contributed by atoms with Gasteiger partial charge in [-0.25, -0.2) is 15.2 Å². The zero-order valence-electron chi connectivity index (χ0n) is 19.2. The second-order valence-corrected chi connectivity index (χ2v) is 9.27. The van der Waals surface area contributed by atoms with Gasteiger partial charge in [-0.15, -0.1) is 0 Å². The topological polar surface area (TPSA) is 83.6 Å². The van der Waals surface area contributed by atoms with Crippen molar-refractivity contribution in [2.24, 2.45) is 5.92 Å². The Morgan fingerprint density at radius 2 is 1.69 bits per heavy atom. The molecule has 172 valence electrons. The minimum absolute atomic E-state index is 0.0273. The number of rotatable bonds is 7. The molecule has 3 rings (SSSR count).